The molecule has 1 saturated heterocycles. The van der Waals surface area contributed by atoms with Gasteiger partial charge in [-0.15, -0.1) is 0 Å². The Labute approximate surface area is 112 Å². The summed E-state index contributed by atoms with van der Waals surface area (Å²) in [5.74, 6) is 0.327. The van der Waals surface area contributed by atoms with E-state index in [2.05, 4.69) is 16.0 Å². The molecule has 1 aromatic carbocycles. The molecule has 1 fully saturated rings. The van der Waals surface area contributed by atoms with Crippen LogP contribution in [0.15, 0.2) is 24.3 Å². The molecule has 5 nitrogen and oxygen atoms in total. The first kappa shape index (κ1) is 13.5. The number of carbonyl (C=O) groups is 2. The van der Waals surface area contributed by atoms with Crippen LogP contribution in [-0.4, -0.2) is 24.9 Å². The Morgan fingerprint density at radius 3 is 2.68 bits per heavy atom. The molecule has 5 heteroatoms. The lowest BCUT2D eigenvalue weighted by atomic mass is 10.0. The van der Waals surface area contributed by atoms with E-state index in [4.69, 9.17) is 0 Å². The number of hydrogen-bond acceptors (Lipinski definition) is 3. The summed E-state index contributed by atoms with van der Waals surface area (Å²) in [6.07, 6.45) is 1.59. The van der Waals surface area contributed by atoms with E-state index < -0.39 is 0 Å². The van der Waals surface area contributed by atoms with Gasteiger partial charge in [-0.2, -0.15) is 0 Å². The standard InChI is InChI=1S/C14H19N3O2/c1-10(18)16-12-3-2-4-13(8-12)17-14(19)7-11-5-6-15-9-11/h2-4,8,11,15H,5-7,9H2,1H3,(H,16,18)(H,17,19). The van der Waals surface area contributed by atoms with E-state index in [9.17, 15) is 9.59 Å². The molecule has 1 heterocycles. The summed E-state index contributed by atoms with van der Waals surface area (Å²) in [6, 6.07) is 7.16. The zero-order chi connectivity index (χ0) is 13.7. The van der Waals surface area contributed by atoms with Crippen LogP contribution >= 0.6 is 0 Å². The van der Waals surface area contributed by atoms with Gasteiger partial charge in [0.05, 0.1) is 0 Å². The molecule has 102 valence electrons. The van der Waals surface area contributed by atoms with E-state index in [1.54, 1.807) is 18.2 Å². The molecule has 0 bridgehead atoms. The van der Waals surface area contributed by atoms with Gasteiger partial charge in [0.15, 0.2) is 0 Å². The average molecular weight is 261 g/mol. The Kier molecular flexibility index (Phi) is 4.52. The lowest BCUT2D eigenvalue weighted by Gasteiger charge is -2.10. The van der Waals surface area contributed by atoms with Crippen molar-refractivity contribution in [2.45, 2.75) is 19.8 Å². The zero-order valence-corrected chi connectivity index (χ0v) is 11.0. The summed E-state index contributed by atoms with van der Waals surface area (Å²) in [7, 11) is 0. The smallest absolute Gasteiger partial charge is 0.224 e. The van der Waals surface area contributed by atoms with Gasteiger partial charge in [-0.3, -0.25) is 9.59 Å². The van der Waals surface area contributed by atoms with Crippen LogP contribution in [0.5, 0.6) is 0 Å². The van der Waals surface area contributed by atoms with Gasteiger partial charge in [0.2, 0.25) is 11.8 Å². The van der Waals surface area contributed by atoms with Crippen molar-refractivity contribution in [1.29, 1.82) is 0 Å². The third kappa shape index (κ3) is 4.37. The summed E-state index contributed by atoms with van der Waals surface area (Å²) in [5.41, 5.74) is 1.40. The van der Waals surface area contributed by atoms with Crippen molar-refractivity contribution >= 4 is 23.2 Å². The molecule has 2 amide bonds. The van der Waals surface area contributed by atoms with Gasteiger partial charge in [-0.25, -0.2) is 0 Å². The third-order valence-electron chi connectivity index (χ3n) is 3.10. The Morgan fingerprint density at radius 2 is 2.05 bits per heavy atom. The van der Waals surface area contributed by atoms with Crippen LogP contribution in [-0.2, 0) is 9.59 Å². The minimum absolute atomic E-state index is 0.0219. The lowest BCUT2D eigenvalue weighted by molar-refractivity contribution is -0.117. The van der Waals surface area contributed by atoms with Crippen molar-refractivity contribution in [2.75, 3.05) is 23.7 Å². The zero-order valence-electron chi connectivity index (χ0n) is 11.0. The van der Waals surface area contributed by atoms with Crippen molar-refractivity contribution < 1.29 is 9.59 Å². The SMILES string of the molecule is CC(=O)Nc1cccc(NC(=O)CC2CCNC2)c1. The van der Waals surface area contributed by atoms with Gasteiger partial charge < -0.3 is 16.0 Å². The summed E-state index contributed by atoms with van der Waals surface area (Å²) < 4.78 is 0. The molecule has 0 spiro atoms. The van der Waals surface area contributed by atoms with Crippen LogP contribution in [0.3, 0.4) is 0 Å². The van der Waals surface area contributed by atoms with E-state index in [1.165, 1.54) is 6.92 Å². The normalized spacial score (nSPS) is 18.1. The summed E-state index contributed by atoms with van der Waals surface area (Å²) in [4.78, 5) is 22.8. The molecule has 0 aromatic heterocycles. The highest BCUT2D eigenvalue weighted by Gasteiger charge is 2.17. The van der Waals surface area contributed by atoms with Crippen LogP contribution < -0.4 is 16.0 Å². The van der Waals surface area contributed by atoms with E-state index in [0.717, 1.165) is 19.5 Å². The van der Waals surface area contributed by atoms with Crippen LogP contribution in [0.2, 0.25) is 0 Å². The quantitative estimate of drug-likeness (QED) is 0.770. The number of anilines is 2. The molecular weight excluding hydrogens is 242 g/mol. The largest absolute Gasteiger partial charge is 0.326 e. The van der Waals surface area contributed by atoms with Gasteiger partial charge in [-0.1, -0.05) is 6.07 Å². The predicted octanol–water partition coefficient (Wildman–Crippen LogP) is 1.58. The Hall–Kier alpha value is -1.88. The highest BCUT2D eigenvalue weighted by Crippen LogP contribution is 2.17. The van der Waals surface area contributed by atoms with Crippen LogP contribution in [0, 0.1) is 5.92 Å². The van der Waals surface area contributed by atoms with Crippen molar-refractivity contribution in [2.24, 2.45) is 5.92 Å². The van der Waals surface area contributed by atoms with Crippen LogP contribution in [0.25, 0.3) is 0 Å². The van der Waals surface area contributed by atoms with E-state index in [-0.39, 0.29) is 11.8 Å². The van der Waals surface area contributed by atoms with Crippen molar-refractivity contribution in [1.82, 2.24) is 5.32 Å². The number of benzene rings is 1. The summed E-state index contributed by atoms with van der Waals surface area (Å²) in [6.45, 7) is 3.37. The molecule has 1 atom stereocenters. The van der Waals surface area contributed by atoms with Gasteiger partial charge in [-0.05, 0) is 43.6 Å². The highest BCUT2D eigenvalue weighted by atomic mass is 16.2. The molecule has 1 aromatic rings. The molecule has 1 aliphatic heterocycles. The maximum Gasteiger partial charge on any atom is 0.224 e. The molecule has 3 N–H and O–H groups in total. The average Bonchev–Trinajstić information content (AvgIpc) is 2.81. The number of carbonyl (C=O) groups excluding carboxylic acids is 2. The van der Waals surface area contributed by atoms with Gasteiger partial charge in [0.25, 0.3) is 0 Å². The van der Waals surface area contributed by atoms with E-state index in [1.807, 2.05) is 6.07 Å². The monoisotopic (exact) mass is 261 g/mol. The third-order valence-corrected chi connectivity index (χ3v) is 3.10. The topological polar surface area (TPSA) is 70.2 Å². The Bertz CT molecular complexity index is 468. The fourth-order valence-corrected chi connectivity index (χ4v) is 2.24. The number of amides is 2. The van der Waals surface area contributed by atoms with E-state index in [0.29, 0.717) is 23.7 Å². The molecule has 1 unspecified atom stereocenters. The minimum atomic E-state index is -0.125. The molecule has 0 radical (unpaired) electrons. The highest BCUT2D eigenvalue weighted by molar-refractivity contribution is 5.93. The van der Waals surface area contributed by atoms with Crippen LogP contribution in [0.1, 0.15) is 19.8 Å². The van der Waals surface area contributed by atoms with Crippen molar-refractivity contribution in [3.8, 4) is 0 Å². The number of rotatable bonds is 4. The second-order valence-electron chi connectivity index (χ2n) is 4.87. The van der Waals surface area contributed by atoms with Gasteiger partial charge in [0.1, 0.15) is 0 Å². The second kappa shape index (κ2) is 6.33. The van der Waals surface area contributed by atoms with Crippen molar-refractivity contribution in [3.63, 3.8) is 0 Å². The molecule has 0 saturated carbocycles. The molecule has 1 aliphatic rings. The van der Waals surface area contributed by atoms with E-state index >= 15 is 0 Å². The van der Waals surface area contributed by atoms with Crippen molar-refractivity contribution in [3.05, 3.63) is 24.3 Å². The molecular formula is C14H19N3O2. The van der Waals surface area contributed by atoms with Gasteiger partial charge >= 0.3 is 0 Å². The lowest BCUT2D eigenvalue weighted by Crippen LogP contribution is -2.18. The number of hydrogen-bond donors (Lipinski definition) is 3. The summed E-state index contributed by atoms with van der Waals surface area (Å²) >= 11 is 0. The molecule has 0 aliphatic carbocycles. The minimum Gasteiger partial charge on any atom is -0.326 e. The molecule has 2 rings (SSSR count). The Balaban J connectivity index is 1.90. The first-order valence-electron chi connectivity index (χ1n) is 6.52. The maximum absolute atomic E-state index is 11.9. The second-order valence-corrected chi connectivity index (χ2v) is 4.87. The number of nitrogens with one attached hydrogen (secondary N) is 3. The summed E-state index contributed by atoms with van der Waals surface area (Å²) in [5, 5.41) is 8.80. The Morgan fingerprint density at radius 1 is 1.32 bits per heavy atom. The van der Waals surface area contributed by atoms with Gasteiger partial charge in [0, 0.05) is 24.7 Å². The maximum atomic E-state index is 11.9. The first-order valence-corrected chi connectivity index (χ1v) is 6.52. The first-order chi connectivity index (χ1) is 9.13. The fraction of sp³-hybridized carbons (Fsp3) is 0.429. The van der Waals surface area contributed by atoms with Crippen LogP contribution in [0.4, 0.5) is 11.4 Å². The predicted molar refractivity (Wildman–Crippen MR) is 75.0 cm³/mol. The molecule has 19 heavy (non-hydrogen) atoms. The fourth-order valence-electron chi connectivity index (χ4n) is 2.24.